The first-order valence-corrected chi connectivity index (χ1v) is 8.51. The molecule has 2 amide bonds. The fourth-order valence-electron chi connectivity index (χ4n) is 2.84. The molecule has 3 rings (SSSR count). The van der Waals surface area contributed by atoms with Crippen LogP contribution in [0.5, 0.6) is 0 Å². The molecule has 1 heterocycles. The standard InChI is InChI=1S/C16H20N2O3S/c1-9-15(20)18-13-8-10(2-7-14(13)22-9)16(21)17-11-3-5-12(19)6-4-11/h2,7-9,11-12,19H,3-6H2,1H3,(H,17,21)(H,18,20). The summed E-state index contributed by atoms with van der Waals surface area (Å²) in [4.78, 5) is 25.1. The highest BCUT2D eigenvalue weighted by molar-refractivity contribution is 8.00. The zero-order valence-electron chi connectivity index (χ0n) is 12.5. The minimum absolute atomic E-state index is 0.0312. The van der Waals surface area contributed by atoms with E-state index in [-0.39, 0.29) is 29.2 Å². The molecule has 2 aliphatic rings. The molecule has 1 aliphatic heterocycles. The van der Waals surface area contributed by atoms with Gasteiger partial charge in [0.1, 0.15) is 0 Å². The van der Waals surface area contributed by atoms with Crippen LogP contribution in [0, 0.1) is 0 Å². The summed E-state index contributed by atoms with van der Waals surface area (Å²) in [5, 5.41) is 15.2. The first-order valence-electron chi connectivity index (χ1n) is 7.63. The van der Waals surface area contributed by atoms with Crippen molar-refractivity contribution in [1.29, 1.82) is 0 Å². The van der Waals surface area contributed by atoms with Crippen molar-refractivity contribution in [3.05, 3.63) is 23.8 Å². The van der Waals surface area contributed by atoms with Crippen LogP contribution >= 0.6 is 11.8 Å². The molecule has 5 nitrogen and oxygen atoms in total. The largest absolute Gasteiger partial charge is 0.393 e. The quantitative estimate of drug-likeness (QED) is 0.780. The van der Waals surface area contributed by atoms with Gasteiger partial charge in [0, 0.05) is 16.5 Å². The van der Waals surface area contributed by atoms with Gasteiger partial charge in [-0.1, -0.05) is 0 Å². The van der Waals surface area contributed by atoms with Crippen LogP contribution in [0.3, 0.4) is 0 Å². The molecule has 0 spiro atoms. The summed E-state index contributed by atoms with van der Waals surface area (Å²) >= 11 is 1.50. The van der Waals surface area contributed by atoms with Crippen LogP contribution in [0.25, 0.3) is 0 Å². The SMILES string of the molecule is CC1Sc2ccc(C(=O)NC3CCC(O)CC3)cc2NC1=O. The molecule has 1 fully saturated rings. The summed E-state index contributed by atoms with van der Waals surface area (Å²) < 4.78 is 0. The predicted octanol–water partition coefficient (Wildman–Crippen LogP) is 2.15. The number of nitrogens with one attached hydrogen (secondary N) is 2. The van der Waals surface area contributed by atoms with E-state index in [1.807, 2.05) is 13.0 Å². The van der Waals surface area contributed by atoms with Gasteiger partial charge in [0.15, 0.2) is 0 Å². The third kappa shape index (κ3) is 3.28. The van der Waals surface area contributed by atoms with Crippen LogP contribution in [0.2, 0.25) is 0 Å². The molecule has 1 unspecified atom stereocenters. The number of fused-ring (bicyclic) bond motifs is 1. The maximum absolute atomic E-state index is 12.3. The van der Waals surface area contributed by atoms with Gasteiger partial charge in [0.05, 0.1) is 17.0 Å². The molecule has 1 atom stereocenters. The lowest BCUT2D eigenvalue weighted by atomic mass is 9.93. The molecule has 1 aliphatic carbocycles. The second-order valence-electron chi connectivity index (χ2n) is 5.94. The Labute approximate surface area is 133 Å². The zero-order chi connectivity index (χ0) is 15.7. The van der Waals surface area contributed by atoms with Crippen molar-refractivity contribution >= 4 is 29.3 Å². The summed E-state index contributed by atoms with van der Waals surface area (Å²) in [5.74, 6) is -0.154. The lowest BCUT2D eigenvalue weighted by Crippen LogP contribution is -2.38. The van der Waals surface area contributed by atoms with E-state index in [1.54, 1.807) is 12.1 Å². The molecular formula is C16H20N2O3S. The van der Waals surface area contributed by atoms with Gasteiger partial charge >= 0.3 is 0 Å². The number of amides is 2. The maximum Gasteiger partial charge on any atom is 0.251 e. The Kier molecular flexibility index (Phi) is 4.40. The van der Waals surface area contributed by atoms with E-state index in [1.165, 1.54) is 11.8 Å². The average molecular weight is 320 g/mol. The summed E-state index contributed by atoms with van der Waals surface area (Å²) in [6, 6.07) is 5.54. The monoisotopic (exact) mass is 320 g/mol. The maximum atomic E-state index is 12.3. The first-order chi connectivity index (χ1) is 10.5. The normalized spacial score (nSPS) is 27.7. The summed E-state index contributed by atoms with van der Waals surface area (Å²) in [5.41, 5.74) is 1.26. The fraction of sp³-hybridized carbons (Fsp3) is 0.500. The third-order valence-corrected chi connectivity index (χ3v) is 5.38. The molecule has 0 saturated heterocycles. The molecular weight excluding hydrogens is 300 g/mol. The van der Waals surface area contributed by atoms with Crippen molar-refractivity contribution in [2.75, 3.05) is 5.32 Å². The number of aliphatic hydroxyl groups is 1. The summed E-state index contributed by atoms with van der Waals surface area (Å²) in [6.45, 7) is 1.86. The zero-order valence-corrected chi connectivity index (χ0v) is 13.3. The van der Waals surface area contributed by atoms with Gasteiger partial charge in [-0.15, -0.1) is 11.8 Å². The van der Waals surface area contributed by atoms with Gasteiger partial charge in [-0.25, -0.2) is 0 Å². The highest BCUT2D eigenvalue weighted by Crippen LogP contribution is 2.36. The summed E-state index contributed by atoms with van der Waals surface area (Å²) in [7, 11) is 0. The highest BCUT2D eigenvalue weighted by atomic mass is 32.2. The van der Waals surface area contributed by atoms with Crippen molar-refractivity contribution in [3.63, 3.8) is 0 Å². The van der Waals surface area contributed by atoms with E-state index in [9.17, 15) is 14.7 Å². The number of rotatable bonds is 2. The van der Waals surface area contributed by atoms with Crippen LogP contribution in [-0.2, 0) is 4.79 Å². The number of anilines is 1. The molecule has 1 aromatic carbocycles. The van der Waals surface area contributed by atoms with E-state index in [0.717, 1.165) is 30.6 Å². The number of hydrogen-bond acceptors (Lipinski definition) is 4. The van der Waals surface area contributed by atoms with Crippen molar-refractivity contribution in [3.8, 4) is 0 Å². The molecule has 1 aromatic rings. The topological polar surface area (TPSA) is 78.4 Å². The predicted molar refractivity (Wildman–Crippen MR) is 86.1 cm³/mol. The number of carbonyl (C=O) groups is 2. The third-order valence-electron chi connectivity index (χ3n) is 4.20. The molecule has 118 valence electrons. The molecule has 0 radical (unpaired) electrons. The number of carbonyl (C=O) groups excluding carboxylic acids is 2. The molecule has 0 bridgehead atoms. The Morgan fingerprint density at radius 3 is 2.77 bits per heavy atom. The van der Waals surface area contributed by atoms with Crippen LogP contribution in [-0.4, -0.2) is 34.3 Å². The summed E-state index contributed by atoms with van der Waals surface area (Å²) in [6.07, 6.45) is 2.86. The second kappa shape index (κ2) is 6.30. The first kappa shape index (κ1) is 15.4. The lowest BCUT2D eigenvalue weighted by Gasteiger charge is -2.26. The van der Waals surface area contributed by atoms with E-state index >= 15 is 0 Å². The number of thioether (sulfide) groups is 1. The van der Waals surface area contributed by atoms with Crippen molar-refractivity contribution in [2.24, 2.45) is 0 Å². The van der Waals surface area contributed by atoms with Crippen LogP contribution in [0.1, 0.15) is 43.0 Å². The smallest absolute Gasteiger partial charge is 0.251 e. The molecule has 3 N–H and O–H groups in total. The Morgan fingerprint density at radius 1 is 1.32 bits per heavy atom. The van der Waals surface area contributed by atoms with E-state index in [4.69, 9.17) is 0 Å². The Bertz CT molecular complexity index is 597. The molecule has 1 saturated carbocycles. The van der Waals surface area contributed by atoms with Gasteiger partial charge in [0.25, 0.3) is 5.91 Å². The van der Waals surface area contributed by atoms with E-state index in [0.29, 0.717) is 11.3 Å². The molecule has 22 heavy (non-hydrogen) atoms. The van der Waals surface area contributed by atoms with Gasteiger partial charge in [0.2, 0.25) is 5.91 Å². The molecule has 0 aromatic heterocycles. The van der Waals surface area contributed by atoms with Crippen molar-refractivity contribution < 1.29 is 14.7 Å². The Morgan fingerprint density at radius 2 is 2.05 bits per heavy atom. The number of aliphatic hydroxyl groups excluding tert-OH is 1. The van der Waals surface area contributed by atoms with E-state index < -0.39 is 0 Å². The highest BCUT2D eigenvalue weighted by Gasteiger charge is 2.25. The molecule has 6 heteroatoms. The second-order valence-corrected chi connectivity index (χ2v) is 7.32. The van der Waals surface area contributed by atoms with Crippen molar-refractivity contribution in [1.82, 2.24) is 5.32 Å². The lowest BCUT2D eigenvalue weighted by molar-refractivity contribution is -0.115. The van der Waals surface area contributed by atoms with Crippen LogP contribution in [0.15, 0.2) is 23.1 Å². The fourth-order valence-corrected chi connectivity index (χ4v) is 3.77. The average Bonchev–Trinajstić information content (AvgIpc) is 2.50. The van der Waals surface area contributed by atoms with Crippen molar-refractivity contribution in [2.45, 2.75) is 54.9 Å². The van der Waals surface area contributed by atoms with Gasteiger partial charge in [-0.05, 0) is 50.8 Å². The number of benzene rings is 1. The van der Waals surface area contributed by atoms with Gasteiger partial charge < -0.3 is 15.7 Å². The van der Waals surface area contributed by atoms with Crippen LogP contribution < -0.4 is 10.6 Å². The minimum atomic E-state index is -0.230. The Balaban J connectivity index is 1.68. The van der Waals surface area contributed by atoms with Gasteiger partial charge in [-0.3, -0.25) is 9.59 Å². The van der Waals surface area contributed by atoms with Crippen LogP contribution in [0.4, 0.5) is 5.69 Å². The number of hydrogen-bond donors (Lipinski definition) is 3. The minimum Gasteiger partial charge on any atom is -0.393 e. The van der Waals surface area contributed by atoms with Gasteiger partial charge in [-0.2, -0.15) is 0 Å². The Hall–Kier alpha value is -1.53. The van der Waals surface area contributed by atoms with E-state index in [2.05, 4.69) is 10.6 Å².